The van der Waals surface area contributed by atoms with Crippen molar-refractivity contribution < 1.29 is 13.2 Å². The molecule has 0 aliphatic carbocycles. The van der Waals surface area contributed by atoms with Crippen LogP contribution in [0.25, 0.3) is 0 Å². The second-order valence-electron chi connectivity index (χ2n) is 4.52. The minimum atomic E-state index is -3.62. The molecular formula is C15H16BrNO3S. The van der Waals surface area contributed by atoms with Crippen molar-refractivity contribution in [2.24, 2.45) is 0 Å². The highest BCUT2D eigenvalue weighted by atomic mass is 79.9. The van der Waals surface area contributed by atoms with Gasteiger partial charge in [0.05, 0.1) is 12.0 Å². The molecule has 2 aromatic rings. The summed E-state index contributed by atoms with van der Waals surface area (Å²) in [6, 6.07) is 13.6. The third-order valence-electron chi connectivity index (χ3n) is 3.06. The normalized spacial score (nSPS) is 12.9. The molecule has 1 unspecified atom stereocenters. The Morgan fingerprint density at radius 1 is 1.10 bits per heavy atom. The fourth-order valence-electron chi connectivity index (χ4n) is 2.05. The average molecular weight is 370 g/mol. The molecule has 0 saturated heterocycles. The topological polar surface area (TPSA) is 55.4 Å². The van der Waals surface area contributed by atoms with Crippen molar-refractivity contribution in [3.05, 3.63) is 58.6 Å². The number of nitrogens with one attached hydrogen (secondary N) is 1. The summed E-state index contributed by atoms with van der Waals surface area (Å²) in [7, 11) is -2.05. The zero-order valence-electron chi connectivity index (χ0n) is 11.7. The fourth-order valence-corrected chi connectivity index (χ4v) is 4.27. The molecule has 0 spiro atoms. The van der Waals surface area contributed by atoms with E-state index >= 15 is 0 Å². The quantitative estimate of drug-likeness (QED) is 0.877. The third-order valence-corrected chi connectivity index (χ3v) is 5.62. The van der Waals surface area contributed by atoms with E-state index in [0.29, 0.717) is 10.2 Å². The predicted octanol–water partition coefficient (Wildman–Crippen LogP) is 3.50. The van der Waals surface area contributed by atoms with Gasteiger partial charge >= 0.3 is 0 Å². The highest BCUT2D eigenvalue weighted by molar-refractivity contribution is 9.10. The van der Waals surface area contributed by atoms with Gasteiger partial charge in [0.1, 0.15) is 5.75 Å². The van der Waals surface area contributed by atoms with E-state index < -0.39 is 16.1 Å². The minimum Gasteiger partial charge on any atom is -0.496 e. The van der Waals surface area contributed by atoms with Crippen LogP contribution in [0.5, 0.6) is 5.75 Å². The smallest absolute Gasteiger partial charge is 0.242 e. The first kappa shape index (κ1) is 16.0. The van der Waals surface area contributed by atoms with Crippen molar-refractivity contribution in [3.8, 4) is 5.75 Å². The Hall–Kier alpha value is -1.37. The summed E-state index contributed by atoms with van der Waals surface area (Å²) in [5.74, 6) is 0.653. The molecule has 0 aromatic heterocycles. The van der Waals surface area contributed by atoms with Crippen molar-refractivity contribution in [1.29, 1.82) is 0 Å². The second-order valence-corrected chi connectivity index (χ2v) is 7.05. The number of halogens is 1. The zero-order valence-corrected chi connectivity index (χ0v) is 14.1. The molecule has 4 nitrogen and oxygen atoms in total. The minimum absolute atomic E-state index is 0.215. The van der Waals surface area contributed by atoms with E-state index in [4.69, 9.17) is 4.74 Å². The van der Waals surface area contributed by atoms with Gasteiger partial charge in [-0.1, -0.05) is 30.3 Å². The Morgan fingerprint density at radius 3 is 2.38 bits per heavy atom. The molecule has 0 heterocycles. The van der Waals surface area contributed by atoms with Gasteiger partial charge < -0.3 is 4.74 Å². The Kier molecular flexibility index (Phi) is 5.03. The first-order valence-corrected chi connectivity index (χ1v) is 8.63. The van der Waals surface area contributed by atoms with Crippen molar-refractivity contribution >= 4 is 26.0 Å². The van der Waals surface area contributed by atoms with Gasteiger partial charge in [0.25, 0.3) is 0 Å². The molecule has 0 bridgehead atoms. The maximum atomic E-state index is 12.5. The number of benzene rings is 2. The van der Waals surface area contributed by atoms with Crippen LogP contribution in [0, 0.1) is 0 Å². The van der Waals surface area contributed by atoms with E-state index in [0.717, 1.165) is 5.56 Å². The number of ether oxygens (including phenoxy) is 1. The lowest BCUT2D eigenvalue weighted by Crippen LogP contribution is -2.27. The molecule has 6 heteroatoms. The van der Waals surface area contributed by atoms with Crippen LogP contribution in [0.15, 0.2) is 57.9 Å². The zero-order chi connectivity index (χ0) is 15.5. The molecular weight excluding hydrogens is 354 g/mol. The first-order valence-electron chi connectivity index (χ1n) is 6.35. The van der Waals surface area contributed by atoms with Crippen molar-refractivity contribution in [2.45, 2.75) is 17.9 Å². The van der Waals surface area contributed by atoms with E-state index in [1.807, 2.05) is 18.2 Å². The maximum Gasteiger partial charge on any atom is 0.242 e. The van der Waals surface area contributed by atoms with Gasteiger partial charge in [-0.15, -0.1) is 0 Å². The third kappa shape index (κ3) is 3.64. The van der Waals surface area contributed by atoms with Crippen LogP contribution in [-0.2, 0) is 10.0 Å². The second kappa shape index (κ2) is 6.60. The summed E-state index contributed by atoms with van der Waals surface area (Å²) in [5.41, 5.74) is 0.788. The molecule has 0 amide bonds. The molecule has 112 valence electrons. The highest BCUT2D eigenvalue weighted by Crippen LogP contribution is 2.27. The van der Waals surface area contributed by atoms with E-state index in [1.54, 1.807) is 44.4 Å². The van der Waals surface area contributed by atoms with E-state index in [2.05, 4.69) is 20.7 Å². The first-order chi connectivity index (χ1) is 9.95. The lowest BCUT2D eigenvalue weighted by molar-refractivity contribution is 0.405. The molecule has 0 radical (unpaired) electrons. The predicted molar refractivity (Wildman–Crippen MR) is 85.9 cm³/mol. The Bertz CT molecular complexity index is 731. The summed E-state index contributed by atoms with van der Waals surface area (Å²) in [5, 5.41) is 0. The van der Waals surface area contributed by atoms with E-state index in [9.17, 15) is 8.42 Å². The van der Waals surface area contributed by atoms with Gasteiger partial charge in [0.15, 0.2) is 0 Å². The lowest BCUT2D eigenvalue weighted by Gasteiger charge is -2.17. The largest absolute Gasteiger partial charge is 0.496 e. The van der Waals surface area contributed by atoms with E-state index in [1.165, 1.54) is 0 Å². The van der Waals surface area contributed by atoms with Gasteiger partial charge in [-0.25, -0.2) is 13.1 Å². The standard InChI is InChI=1S/C15H16BrNO3S/c1-11(12-7-3-5-9-14(12)20-2)17-21(18,19)15-10-6-4-8-13(15)16/h3-11,17H,1-2H3. The van der Waals surface area contributed by atoms with Crippen LogP contribution in [0.4, 0.5) is 0 Å². The molecule has 0 fully saturated rings. The van der Waals surface area contributed by atoms with Crippen LogP contribution in [-0.4, -0.2) is 15.5 Å². The summed E-state index contributed by atoms with van der Waals surface area (Å²) >= 11 is 3.26. The van der Waals surface area contributed by atoms with Gasteiger partial charge in [-0.3, -0.25) is 0 Å². The number of hydrogen-bond acceptors (Lipinski definition) is 3. The van der Waals surface area contributed by atoms with Crippen LogP contribution in [0.3, 0.4) is 0 Å². The highest BCUT2D eigenvalue weighted by Gasteiger charge is 2.22. The Morgan fingerprint density at radius 2 is 1.71 bits per heavy atom. The summed E-state index contributed by atoms with van der Waals surface area (Å²) in [6.07, 6.45) is 0. The molecule has 0 saturated carbocycles. The van der Waals surface area contributed by atoms with Gasteiger partial charge in [0.2, 0.25) is 10.0 Å². The SMILES string of the molecule is COc1ccccc1C(C)NS(=O)(=O)c1ccccc1Br. The van der Waals surface area contributed by atoms with Crippen LogP contribution < -0.4 is 9.46 Å². The molecule has 1 N–H and O–H groups in total. The molecule has 2 rings (SSSR count). The average Bonchev–Trinajstić information content (AvgIpc) is 2.47. The number of hydrogen-bond donors (Lipinski definition) is 1. The summed E-state index contributed by atoms with van der Waals surface area (Å²) < 4.78 is 33.4. The van der Waals surface area contributed by atoms with Gasteiger partial charge in [-0.05, 0) is 41.1 Å². The van der Waals surface area contributed by atoms with E-state index in [-0.39, 0.29) is 4.90 Å². The van der Waals surface area contributed by atoms with Crippen LogP contribution >= 0.6 is 15.9 Å². The fraction of sp³-hybridized carbons (Fsp3) is 0.200. The number of para-hydroxylation sites is 1. The molecule has 0 aliphatic rings. The number of methoxy groups -OCH3 is 1. The molecule has 1 atom stereocenters. The number of rotatable bonds is 5. The van der Waals surface area contributed by atoms with Crippen molar-refractivity contribution in [1.82, 2.24) is 4.72 Å². The van der Waals surface area contributed by atoms with Crippen LogP contribution in [0.1, 0.15) is 18.5 Å². The molecule has 0 aliphatic heterocycles. The molecule has 2 aromatic carbocycles. The Labute approximate surface area is 133 Å². The van der Waals surface area contributed by atoms with Crippen molar-refractivity contribution in [3.63, 3.8) is 0 Å². The summed E-state index contributed by atoms with van der Waals surface area (Å²) in [6.45, 7) is 1.78. The summed E-state index contributed by atoms with van der Waals surface area (Å²) in [4.78, 5) is 0.215. The maximum absolute atomic E-state index is 12.5. The number of sulfonamides is 1. The lowest BCUT2D eigenvalue weighted by atomic mass is 10.1. The van der Waals surface area contributed by atoms with Gasteiger partial charge in [0, 0.05) is 16.1 Å². The Balaban J connectivity index is 2.31. The molecule has 21 heavy (non-hydrogen) atoms. The monoisotopic (exact) mass is 369 g/mol. The van der Waals surface area contributed by atoms with Crippen LogP contribution in [0.2, 0.25) is 0 Å². The van der Waals surface area contributed by atoms with Gasteiger partial charge in [-0.2, -0.15) is 0 Å². The van der Waals surface area contributed by atoms with Crippen molar-refractivity contribution in [2.75, 3.05) is 7.11 Å².